The van der Waals surface area contributed by atoms with Crippen LogP contribution in [0, 0.1) is 11.2 Å². The molecule has 3 aromatic rings. The molecule has 0 radical (unpaired) electrons. The summed E-state index contributed by atoms with van der Waals surface area (Å²) in [5.41, 5.74) is 3.68. The molecule has 1 saturated heterocycles. The third-order valence-electron chi connectivity index (χ3n) is 7.41. The van der Waals surface area contributed by atoms with Gasteiger partial charge < -0.3 is 15.3 Å². The minimum atomic E-state index is -1.01. The van der Waals surface area contributed by atoms with Crippen LogP contribution in [0.3, 0.4) is 0 Å². The number of carboxylic acid groups (broad SMARTS) is 1. The van der Waals surface area contributed by atoms with Crippen molar-refractivity contribution in [2.45, 2.75) is 37.6 Å². The first-order chi connectivity index (χ1) is 16.5. The average molecular weight is 460 g/mol. The van der Waals surface area contributed by atoms with E-state index in [-0.39, 0.29) is 16.9 Å². The molecule has 1 aliphatic heterocycles. The number of hydrogen-bond acceptors (Lipinski definition) is 4. The van der Waals surface area contributed by atoms with Crippen molar-refractivity contribution in [1.29, 1.82) is 0 Å². The third-order valence-corrected chi connectivity index (χ3v) is 7.41. The molecule has 0 unspecified atom stereocenters. The highest BCUT2D eigenvalue weighted by Crippen LogP contribution is 2.42. The van der Waals surface area contributed by atoms with Crippen molar-refractivity contribution in [1.82, 2.24) is 10.3 Å². The van der Waals surface area contributed by atoms with E-state index in [0.29, 0.717) is 12.0 Å². The van der Waals surface area contributed by atoms with Gasteiger partial charge in [-0.25, -0.2) is 14.2 Å². The number of hydrogen-bond donors (Lipinski definition) is 2. The number of aromatic nitrogens is 1. The summed E-state index contributed by atoms with van der Waals surface area (Å²) >= 11 is 0. The average Bonchev–Trinajstić information content (AvgIpc) is 3.65. The molecule has 2 atom stereocenters. The molecule has 34 heavy (non-hydrogen) atoms. The molecular weight excluding hydrogens is 429 g/mol. The van der Waals surface area contributed by atoms with Crippen molar-refractivity contribution < 1.29 is 14.3 Å². The summed E-state index contributed by atoms with van der Waals surface area (Å²) < 4.78 is 13.5. The Kier molecular flexibility index (Phi) is 6.33. The molecule has 6 heteroatoms. The Morgan fingerprint density at radius 1 is 1.06 bits per heavy atom. The minimum Gasteiger partial charge on any atom is -0.477 e. The maximum Gasteiger partial charge on any atom is 0.354 e. The molecule has 2 fully saturated rings. The van der Waals surface area contributed by atoms with Gasteiger partial charge in [-0.1, -0.05) is 42.5 Å². The second-order valence-corrected chi connectivity index (χ2v) is 9.74. The summed E-state index contributed by atoms with van der Waals surface area (Å²) in [6.07, 6.45) is 5.74. The smallest absolute Gasteiger partial charge is 0.354 e. The van der Waals surface area contributed by atoms with Gasteiger partial charge in [0.2, 0.25) is 0 Å². The van der Waals surface area contributed by atoms with E-state index in [4.69, 9.17) is 5.11 Å². The van der Waals surface area contributed by atoms with Crippen LogP contribution in [0.25, 0.3) is 0 Å². The lowest BCUT2D eigenvalue weighted by molar-refractivity contribution is 0.0690. The van der Waals surface area contributed by atoms with Crippen molar-refractivity contribution in [3.8, 4) is 0 Å². The molecule has 1 aliphatic carbocycles. The van der Waals surface area contributed by atoms with E-state index in [1.807, 2.05) is 18.2 Å². The molecule has 5 rings (SSSR count). The molecule has 2 heterocycles. The van der Waals surface area contributed by atoms with E-state index in [9.17, 15) is 9.18 Å². The number of carbonyl (C=O) groups is 1. The van der Waals surface area contributed by atoms with Crippen molar-refractivity contribution in [2.75, 3.05) is 24.5 Å². The van der Waals surface area contributed by atoms with E-state index >= 15 is 0 Å². The van der Waals surface area contributed by atoms with Gasteiger partial charge in [0, 0.05) is 31.6 Å². The van der Waals surface area contributed by atoms with Crippen LogP contribution in [0.1, 0.15) is 46.8 Å². The van der Waals surface area contributed by atoms with Crippen LogP contribution in [0.4, 0.5) is 10.1 Å². The highest BCUT2D eigenvalue weighted by molar-refractivity contribution is 5.85. The summed E-state index contributed by atoms with van der Waals surface area (Å²) in [6.45, 7) is 2.69. The normalized spacial score (nSPS) is 21.3. The molecule has 0 spiro atoms. The predicted molar refractivity (Wildman–Crippen MR) is 131 cm³/mol. The van der Waals surface area contributed by atoms with Crippen LogP contribution in [-0.2, 0) is 6.42 Å². The Morgan fingerprint density at radius 2 is 1.79 bits per heavy atom. The highest BCUT2D eigenvalue weighted by atomic mass is 19.1. The quantitative estimate of drug-likeness (QED) is 0.502. The fourth-order valence-electron chi connectivity index (χ4n) is 5.23. The molecule has 2 N–H and O–H groups in total. The SMILES string of the molecule is O=C(O)c1ccc(N2CCC(CN[C@@H]3C[C@H]3c3ccccc3)(Cc3ccc(F)cc3)CC2)cn1. The standard InChI is InChI=1S/C28H30FN3O2/c29-22-8-6-20(7-9-22)17-28(19-31-26-16-24(26)21-4-2-1-3-5-21)12-14-32(15-13-28)23-10-11-25(27(33)34)30-18-23/h1-11,18,24,26,31H,12-17,19H2,(H,33,34)/t24-,26+/m0/s1. The molecule has 2 aliphatic rings. The van der Waals surface area contributed by atoms with Gasteiger partial charge in [0.05, 0.1) is 11.9 Å². The number of benzene rings is 2. The summed E-state index contributed by atoms with van der Waals surface area (Å²) in [6, 6.07) is 21.5. The molecule has 1 aromatic heterocycles. The Morgan fingerprint density at radius 3 is 2.44 bits per heavy atom. The zero-order valence-corrected chi connectivity index (χ0v) is 19.2. The summed E-state index contributed by atoms with van der Waals surface area (Å²) in [4.78, 5) is 17.5. The number of halogens is 1. The van der Waals surface area contributed by atoms with E-state index < -0.39 is 5.97 Å². The number of nitrogens with one attached hydrogen (secondary N) is 1. The Labute approximate surface area is 199 Å². The minimum absolute atomic E-state index is 0.0630. The summed E-state index contributed by atoms with van der Waals surface area (Å²) in [5, 5.41) is 13.0. The van der Waals surface area contributed by atoms with Gasteiger partial charge in [-0.3, -0.25) is 0 Å². The maximum atomic E-state index is 13.5. The lowest BCUT2D eigenvalue weighted by Crippen LogP contribution is -2.47. The number of pyridine rings is 1. The zero-order valence-electron chi connectivity index (χ0n) is 19.2. The van der Waals surface area contributed by atoms with Crippen molar-refractivity contribution in [3.63, 3.8) is 0 Å². The molecule has 1 saturated carbocycles. The van der Waals surface area contributed by atoms with Crippen LogP contribution in [0.15, 0.2) is 72.9 Å². The lowest BCUT2D eigenvalue weighted by Gasteiger charge is -2.43. The van der Waals surface area contributed by atoms with Crippen molar-refractivity contribution in [3.05, 3.63) is 95.6 Å². The third kappa shape index (κ3) is 5.12. The molecule has 0 amide bonds. The Balaban J connectivity index is 1.26. The van der Waals surface area contributed by atoms with Gasteiger partial charge in [-0.05, 0) is 66.5 Å². The molecule has 5 nitrogen and oxygen atoms in total. The molecule has 2 aromatic carbocycles. The van der Waals surface area contributed by atoms with Gasteiger partial charge in [0.25, 0.3) is 0 Å². The number of anilines is 1. The highest BCUT2D eigenvalue weighted by Gasteiger charge is 2.41. The second-order valence-electron chi connectivity index (χ2n) is 9.74. The Hall–Kier alpha value is -3.25. The van der Waals surface area contributed by atoms with Crippen molar-refractivity contribution in [2.24, 2.45) is 5.41 Å². The first-order valence-corrected chi connectivity index (χ1v) is 12.0. The van der Waals surface area contributed by atoms with Crippen LogP contribution in [0.5, 0.6) is 0 Å². The fourth-order valence-corrected chi connectivity index (χ4v) is 5.23. The van der Waals surface area contributed by atoms with Crippen LogP contribution < -0.4 is 10.2 Å². The van der Waals surface area contributed by atoms with E-state index in [1.54, 1.807) is 24.4 Å². The van der Waals surface area contributed by atoms with Crippen LogP contribution in [-0.4, -0.2) is 41.7 Å². The first kappa shape index (κ1) is 22.5. The largest absolute Gasteiger partial charge is 0.477 e. The number of rotatable bonds is 8. The zero-order chi connectivity index (χ0) is 23.5. The summed E-state index contributed by atoms with van der Waals surface area (Å²) in [7, 11) is 0. The summed E-state index contributed by atoms with van der Waals surface area (Å²) in [5.74, 6) is -0.627. The number of nitrogens with zero attached hydrogens (tertiary/aromatic N) is 2. The van der Waals surface area contributed by atoms with Crippen molar-refractivity contribution >= 4 is 11.7 Å². The molecular formula is C28H30FN3O2. The number of piperidine rings is 1. The van der Waals surface area contributed by atoms with Gasteiger partial charge in [0.1, 0.15) is 11.5 Å². The Bertz CT molecular complexity index is 1110. The van der Waals surface area contributed by atoms with Gasteiger partial charge in [-0.2, -0.15) is 0 Å². The fraction of sp³-hybridized carbons (Fsp3) is 0.357. The maximum absolute atomic E-state index is 13.5. The van der Waals surface area contributed by atoms with Gasteiger partial charge in [0.15, 0.2) is 0 Å². The lowest BCUT2D eigenvalue weighted by atomic mass is 9.73. The predicted octanol–water partition coefficient (Wildman–Crippen LogP) is 4.89. The monoisotopic (exact) mass is 459 g/mol. The van der Waals surface area contributed by atoms with Crippen LogP contribution >= 0.6 is 0 Å². The molecule has 0 bridgehead atoms. The van der Waals surface area contributed by atoms with Crippen LogP contribution in [0.2, 0.25) is 0 Å². The van der Waals surface area contributed by atoms with Gasteiger partial charge in [-0.15, -0.1) is 0 Å². The van der Waals surface area contributed by atoms with E-state index in [1.165, 1.54) is 17.5 Å². The van der Waals surface area contributed by atoms with Gasteiger partial charge >= 0.3 is 5.97 Å². The first-order valence-electron chi connectivity index (χ1n) is 12.0. The number of carboxylic acids is 1. The van der Waals surface area contributed by atoms with E-state index in [0.717, 1.165) is 44.6 Å². The molecule has 176 valence electrons. The second kappa shape index (κ2) is 9.55. The van der Waals surface area contributed by atoms with E-state index in [2.05, 4.69) is 45.5 Å². The topological polar surface area (TPSA) is 65.5 Å². The number of aromatic carboxylic acids is 1.